The molecule has 4 rings (SSSR count). The Morgan fingerprint density at radius 1 is 1.21 bits per heavy atom. The second-order valence-electron chi connectivity index (χ2n) is 9.09. The van der Waals surface area contributed by atoms with Crippen LogP contribution in [-0.4, -0.2) is 66.3 Å². The van der Waals surface area contributed by atoms with Crippen LogP contribution in [0.15, 0.2) is 67.6 Å². The van der Waals surface area contributed by atoms with Crippen molar-refractivity contribution in [2.75, 3.05) is 55.0 Å². The molecule has 4 N–H and O–H groups in total. The highest BCUT2D eigenvalue weighted by Crippen LogP contribution is 2.28. The third-order valence-electron chi connectivity index (χ3n) is 6.22. The van der Waals surface area contributed by atoms with E-state index in [0.717, 1.165) is 31.9 Å². The van der Waals surface area contributed by atoms with Gasteiger partial charge in [0.25, 0.3) is 11.9 Å². The smallest absolute Gasteiger partial charge is 0.270 e. The Morgan fingerprint density at radius 3 is 2.66 bits per heavy atom. The fourth-order valence-electron chi connectivity index (χ4n) is 4.12. The lowest BCUT2D eigenvalue weighted by molar-refractivity contribution is 0.102. The largest absolute Gasteiger partial charge is 0.432 e. The lowest BCUT2D eigenvalue weighted by atomic mass is 10.1. The van der Waals surface area contributed by atoms with E-state index in [1.165, 1.54) is 17.3 Å². The molecular weight excluding hydrogens is 487 g/mol. The minimum atomic E-state index is -0.959. The van der Waals surface area contributed by atoms with Gasteiger partial charge in [-0.1, -0.05) is 6.07 Å². The molecule has 2 aromatic heterocycles. The predicted octanol–water partition coefficient (Wildman–Crippen LogP) is 3.36. The molecule has 38 heavy (non-hydrogen) atoms. The van der Waals surface area contributed by atoms with Crippen LogP contribution >= 0.6 is 0 Å². The minimum absolute atomic E-state index is 0.118. The zero-order valence-corrected chi connectivity index (χ0v) is 21.4. The summed E-state index contributed by atoms with van der Waals surface area (Å²) >= 11 is 0. The highest BCUT2D eigenvalue weighted by Gasteiger charge is 2.19. The normalized spacial score (nSPS) is 13.6. The summed E-state index contributed by atoms with van der Waals surface area (Å²) in [4.78, 5) is 26.0. The third kappa shape index (κ3) is 6.69. The standard InChI is InChI=1S/C27H31FN8O2/c1-18-26(36(30)17-25(29)20-5-4-6-31-15-20)13-22(16-32-18)33-27(37)21-11-23(14-24(12-21)38-19(2)28)35-9-7-34(3)8-10-35/h4-6,11-16,29H,2,7-10,17,30H2,1,3H3,(H,33,37). The molecule has 3 aromatic rings. The van der Waals surface area contributed by atoms with E-state index in [1.54, 1.807) is 49.6 Å². The van der Waals surface area contributed by atoms with Gasteiger partial charge in [-0.2, -0.15) is 4.39 Å². The Morgan fingerprint density at radius 2 is 1.97 bits per heavy atom. The van der Waals surface area contributed by atoms with Crippen molar-refractivity contribution in [3.63, 3.8) is 0 Å². The Labute approximate surface area is 221 Å². The number of nitrogens with zero attached hydrogens (tertiary/aromatic N) is 5. The number of nitrogens with one attached hydrogen (secondary N) is 2. The monoisotopic (exact) mass is 518 g/mol. The van der Waals surface area contributed by atoms with E-state index in [1.807, 2.05) is 0 Å². The number of ether oxygens (including phenoxy) is 1. The van der Waals surface area contributed by atoms with Gasteiger partial charge in [0.05, 0.1) is 35.5 Å². The van der Waals surface area contributed by atoms with Crippen molar-refractivity contribution in [1.82, 2.24) is 14.9 Å². The van der Waals surface area contributed by atoms with E-state index in [9.17, 15) is 9.18 Å². The Kier molecular flexibility index (Phi) is 8.29. The second-order valence-corrected chi connectivity index (χ2v) is 9.09. The maximum Gasteiger partial charge on any atom is 0.270 e. The van der Waals surface area contributed by atoms with Crippen LogP contribution in [0.5, 0.6) is 5.75 Å². The number of hydrogen-bond donors (Lipinski definition) is 3. The molecule has 1 amide bonds. The van der Waals surface area contributed by atoms with E-state index in [4.69, 9.17) is 16.0 Å². The highest BCUT2D eigenvalue weighted by molar-refractivity contribution is 6.05. The van der Waals surface area contributed by atoms with Crippen molar-refractivity contribution < 1.29 is 13.9 Å². The number of amides is 1. The van der Waals surface area contributed by atoms with Gasteiger partial charge < -0.3 is 30.3 Å². The molecule has 0 radical (unpaired) electrons. The van der Waals surface area contributed by atoms with Gasteiger partial charge in [-0.25, -0.2) is 5.84 Å². The van der Waals surface area contributed by atoms with Gasteiger partial charge in [-0.3, -0.25) is 14.8 Å². The van der Waals surface area contributed by atoms with Crippen molar-refractivity contribution in [2.45, 2.75) is 6.92 Å². The van der Waals surface area contributed by atoms with Crippen LogP contribution in [0, 0.1) is 12.3 Å². The zero-order valence-electron chi connectivity index (χ0n) is 21.4. The first-order valence-corrected chi connectivity index (χ1v) is 12.1. The molecule has 198 valence electrons. The topological polar surface area (TPSA) is 124 Å². The predicted molar refractivity (Wildman–Crippen MR) is 147 cm³/mol. The Balaban J connectivity index is 1.53. The number of nitrogens with two attached hydrogens (primary N) is 1. The molecule has 1 fully saturated rings. The summed E-state index contributed by atoms with van der Waals surface area (Å²) < 4.78 is 18.6. The summed E-state index contributed by atoms with van der Waals surface area (Å²) in [6.07, 6.45) is 4.77. The van der Waals surface area contributed by atoms with E-state index >= 15 is 0 Å². The first kappa shape index (κ1) is 26.7. The number of hydrazine groups is 1. The molecule has 1 aliphatic heterocycles. The van der Waals surface area contributed by atoms with E-state index in [2.05, 4.69) is 38.7 Å². The SMILES string of the molecule is C=C(F)Oc1cc(C(=O)Nc2cnc(C)c(N(N)CC(=N)c3cccnc3)c2)cc(N2CCN(C)CC2)c1. The molecule has 3 heterocycles. The second kappa shape index (κ2) is 11.8. The number of aryl methyl sites for hydroxylation is 1. The average molecular weight is 519 g/mol. The molecule has 0 bridgehead atoms. The van der Waals surface area contributed by atoms with Gasteiger partial charge in [0.2, 0.25) is 0 Å². The molecule has 0 spiro atoms. The van der Waals surface area contributed by atoms with E-state index in [0.29, 0.717) is 28.2 Å². The summed E-state index contributed by atoms with van der Waals surface area (Å²) in [5, 5.41) is 12.6. The summed E-state index contributed by atoms with van der Waals surface area (Å²) in [5.41, 5.74) is 3.61. The lowest BCUT2D eigenvalue weighted by Gasteiger charge is -2.34. The number of likely N-dealkylation sites (N-methyl/N-ethyl adjacent to an activating group) is 1. The molecule has 0 atom stereocenters. The number of carbonyl (C=O) groups is 1. The number of anilines is 3. The molecule has 1 aromatic carbocycles. The number of piperazine rings is 1. The first-order chi connectivity index (χ1) is 18.2. The molecule has 0 aliphatic carbocycles. The minimum Gasteiger partial charge on any atom is -0.432 e. The van der Waals surface area contributed by atoms with Crippen molar-refractivity contribution >= 4 is 28.7 Å². The molecule has 1 saturated heterocycles. The fourth-order valence-corrected chi connectivity index (χ4v) is 4.12. The van der Waals surface area contributed by atoms with Crippen LogP contribution in [0.4, 0.5) is 21.5 Å². The quantitative estimate of drug-likeness (QED) is 0.171. The number of benzene rings is 1. The summed E-state index contributed by atoms with van der Waals surface area (Å²) in [7, 11) is 2.05. The molecule has 0 saturated carbocycles. The van der Waals surface area contributed by atoms with E-state index < -0.39 is 11.9 Å². The van der Waals surface area contributed by atoms with Crippen molar-refractivity contribution in [3.05, 3.63) is 84.4 Å². The Hall–Kier alpha value is -4.35. The van der Waals surface area contributed by atoms with Crippen LogP contribution in [0.2, 0.25) is 0 Å². The van der Waals surface area contributed by atoms with E-state index in [-0.39, 0.29) is 18.0 Å². The summed E-state index contributed by atoms with van der Waals surface area (Å²) in [6, 6.07) is 9.20. The highest BCUT2D eigenvalue weighted by atomic mass is 19.1. The van der Waals surface area contributed by atoms with Crippen molar-refractivity contribution in [2.24, 2.45) is 5.84 Å². The molecular formula is C27H31FN8O2. The van der Waals surface area contributed by atoms with Gasteiger partial charge in [0, 0.05) is 61.5 Å². The number of aromatic nitrogens is 2. The molecule has 0 unspecified atom stereocenters. The number of carbonyl (C=O) groups excluding carboxylic acids is 1. The molecule has 1 aliphatic rings. The lowest BCUT2D eigenvalue weighted by Crippen LogP contribution is -2.44. The van der Waals surface area contributed by atoms with Gasteiger partial charge in [-0.15, -0.1) is 0 Å². The summed E-state index contributed by atoms with van der Waals surface area (Å²) in [5.74, 6) is 6.04. The number of hydrogen-bond acceptors (Lipinski definition) is 9. The van der Waals surface area contributed by atoms with Gasteiger partial charge in [-0.05, 0) is 44.8 Å². The molecule has 10 nitrogen and oxygen atoms in total. The van der Waals surface area contributed by atoms with Crippen LogP contribution in [0.25, 0.3) is 0 Å². The van der Waals surface area contributed by atoms with Crippen LogP contribution in [-0.2, 0) is 0 Å². The maximum atomic E-state index is 13.5. The van der Waals surface area contributed by atoms with Gasteiger partial charge in [0.15, 0.2) is 0 Å². The number of halogens is 1. The van der Waals surface area contributed by atoms with Crippen LogP contribution in [0.1, 0.15) is 21.6 Å². The van der Waals surface area contributed by atoms with Crippen LogP contribution in [0.3, 0.4) is 0 Å². The Bertz CT molecular complexity index is 1330. The van der Waals surface area contributed by atoms with Crippen LogP contribution < -0.4 is 25.8 Å². The molecule has 11 heteroatoms. The van der Waals surface area contributed by atoms with Crippen molar-refractivity contribution in [3.8, 4) is 5.75 Å². The third-order valence-corrected chi connectivity index (χ3v) is 6.22. The maximum absolute atomic E-state index is 13.5. The zero-order chi connectivity index (χ0) is 27.2. The average Bonchev–Trinajstić information content (AvgIpc) is 2.90. The van der Waals surface area contributed by atoms with Crippen molar-refractivity contribution in [1.29, 1.82) is 5.41 Å². The number of pyridine rings is 2. The number of rotatable bonds is 9. The van der Waals surface area contributed by atoms with Gasteiger partial charge in [0.1, 0.15) is 5.75 Å². The first-order valence-electron chi connectivity index (χ1n) is 12.1. The fraction of sp³-hybridized carbons (Fsp3) is 0.259. The summed E-state index contributed by atoms with van der Waals surface area (Å²) in [6.45, 7) is 8.35. The van der Waals surface area contributed by atoms with Gasteiger partial charge >= 0.3 is 0 Å².